The Morgan fingerprint density at radius 3 is 2.50 bits per heavy atom. The third-order valence-electron chi connectivity index (χ3n) is 2.87. The van der Waals surface area contributed by atoms with Crippen molar-refractivity contribution in [2.24, 2.45) is 0 Å². The zero-order chi connectivity index (χ0) is 16.2. The molecule has 0 aliphatic rings. The van der Waals surface area contributed by atoms with E-state index in [0.29, 0.717) is 44.6 Å². The molecule has 0 fully saturated rings. The molecule has 0 radical (unpaired) electrons. The molecule has 0 saturated carbocycles. The maximum atomic E-state index is 11.7. The van der Waals surface area contributed by atoms with Gasteiger partial charge in [-0.3, -0.25) is 4.79 Å². The molecule has 0 atom stereocenters. The normalized spacial score (nSPS) is 10.1. The number of nitrogens with one attached hydrogen (secondary N) is 1. The lowest BCUT2D eigenvalue weighted by molar-refractivity contribution is -0.142. The van der Waals surface area contributed by atoms with Crippen LogP contribution in [-0.4, -0.2) is 43.4 Å². The molecule has 0 unspecified atom stereocenters. The summed E-state index contributed by atoms with van der Waals surface area (Å²) in [4.78, 5) is 22.9. The first-order chi connectivity index (χ1) is 10.7. The summed E-state index contributed by atoms with van der Waals surface area (Å²) in [5, 5.41) is 11.7. The Morgan fingerprint density at radius 2 is 1.86 bits per heavy atom. The molecule has 0 amide bonds. The van der Waals surface area contributed by atoms with Gasteiger partial charge in [-0.1, -0.05) is 0 Å². The van der Waals surface area contributed by atoms with Gasteiger partial charge in [-0.2, -0.15) is 0 Å². The van der Waals surface area contributed by atoms with Gasteiger partial charge in [0.2, 0.25) is 0 Å². The first-order valence-electron chi connectivity index (χ1n) is 7.45. The van der Waals surface area contributed by atoms with E-state index in [2.05, 4.69) is 5.32 Å². The smallest absolute Gasteiger partial charge is 0.338 e. The van der Waals surface area contributed by atoms with Crippen LogP contribution in [0.4, 0.5) is 5.69 Å². The highest BCUT2D eigenvalue weighted by Gasteiger charge is 2.07. The second-order valence-electron chi connectivity index (χ2n) is 4.63. The second-order valence-corrected chi connectivity index (χ2v) is 4.63. The predicted molar refractivity (Wildman–Crippen MR) is 82.8 cm³/mol. The number of carbonyl (C=O) groups is 2. The molecular weight excluding hydrogens is 286 g/mol. The number of rotatable bonds is 10. The summed E-state index contributed by atoms with van der Waals surface area (Å²) in [6.45, 7) is 3.04. The van der Waals surface area contributed by atoms with Gasteiger partial charge in [-0.15, -0.1) is 0 Å². The van der Waals surface area contributed by atoms with Crippen LogP contribution < -0.4 is 5.32 Å². The topological polar surface area (TPSA) is 84.9 Å². The van der Waals surface area contributed by atoms with E-state index >= 15 is 0 Å². The van der Waals surface area contributed by atoms with Crippen LogP contribution in [0.2, 0.25) is 0 Å². The fourth-order valence-electron chi connectivity index (χ4n) is 1.73. The fraction of sp³-hybridized carbons (Fsp3) is 0.500. The van der Waals surface area contributed by atoms with Crippen molar-refractivity contribution < 1.29 is 24.2 Å². The second kappa shape index (κ2) is 10.6. The molecule has 0 bridgehead atoms. The van der Waals surface area contributed by atoms with E-state index < -0.39 is 0 Å². The molecule has 1 rings (SSSR count). The van der Waals surface area contributed by atoms with E-state index in [1.807, 2.05) is 0 Å². The minimum absolute atomic E-state index is 0.101. The van der Waals surface area contributed by atoms with Crippen LogP contribution in [0.3, 0.4) is 0 Å². The van der Waals surface area contributed by atoms with Crippen LogP contribution in [0.25, 0.3) is 0 Å². The van der Waals surface area contributed by atoms with E-state index in [9.17, 15) is 9.59 Å². The van der Waals surface area contributed by atoms with Crippen molar-refractivity contribution in [2.45, 2.75) is 26.2 Å². The van der Waals surface area contributed by atoms with Crippen LogP contribution in [-0.2, 0) is 14.3 Å². The Labute approximate surface area is 130 Å². The van der Waals surface area contributed by atoms with Gasteiger partial charge < -0.3 is 19.9 Å². The number of carbonyl (C=O) groups excluding carboxylic acids is 2. The van der Waals surface area contributed by atoms with E-state index in [0.717, 1.165) is 5.69 Å². The third kappa shape index (κ3) is 7.08. The van der Waals surface area contributed by atoms with Crippen LogP contribution >= 0.6 is 0 Å². The number of benzene rings is 1. The van der Waals surface area contributed by atoms with E-state index in [-0.39, 0.29) is 18.5 Å². The molecule has 0 heterocycles. The number of anilines is 1. The zero-order valence-electron chi connectivity index (χ0n) is 12.8. The number of esters is 2. The molecule has 0 aliphatic carbocycles. The van der Waals surface area contributed by atoms with Crippen molar-refractivity contribution in [1.82, 2.24) is 0 Å². The van der Waals surface area contributed by atoms with Gasteiger partial charge in [0, 0.05) is 18.8 Å². The summed E-state index contributed by atoms with van der Waals surface area (Å²) in [7, 11) is 0. The highest BCUT2D eigenvalue weighted by Crippen LogP contribution is 2.11. The highest BCUT2D eigenvalue weighted by atomic mass is 16.5. The maximum absolute atomic E-state index is 11.7. The van der Waals surface area contributed by atoms with Crippen LogP contribution in [0.15, 0.2) is 24.3 Å². The molecule has 0 saturated heterocycles. The lowest BCUT2D eigenvalue weighted by atomic mass is 10.2. The van der Waals surface area contributed by atoms with Crippen molar-refractivity contribution in [3.05, 3.63) is 29.8 Å². The molecule has 0 aromatic heterocycles. The highest BCUT2D eigenvalue weighted by molar-refractivity contribution is 5.89. The van der Waals surface area contributed by atoms with Crippen molar-refractivity contribution in [2.75, 3.05) is 31.7 Å². The average Bonchev–Trinajstić information content (AvgIpc) is 2.52. The number of hydrogen-bond donors (Lipinski definition) is 2. The average molecular weight is 309 g/mol. The summed E-state index contributed by atoms with van der Waals surface area (Å²) >= 11 is 0. The van der Waals surface area contributed by atoms with Crippen LogP contribution in [0, 0.1) is 0 Å². The van der Waals surface area contributed by atoms with Crippen molar-refractivity contribution >= 4 is 17.6 Å². The molecule has 22 heavy (non-hydrogen) atoms. The van der Waals surface area contributed by atoms with Gasteiger partial charge >= 0.3 is 11.9 Å². The number of unbranched alkanes of at least 4 members (excludes halogenated alkanes) is 1. The first-order valence-corrected chi connectivity index (χ1v) is 7.45. The monoisotopic (exact) mass is 309 g/mol. The Bertz CT molecular complexity index is 458. The van der Waals surface area contributed by atoms with Crippen molar-refractivity contribution in [3.63, 3.8) is 0 Å². The van der Waals surface area contributed by atoms with Crippen LogP contribution in [0.5, 0.6) is 0 Å². The molecule has 0 spiro atoms. The summed E-state index contributed by atoms with van der Waals surface area (Å²) in [5.41, 5.74) is 1.29. The van der Waals surface area contributed by atoms with Gasteiger partial charge in [-0.25, -0.2) is 4.79 Å². The number of aliphatic hydroxyl groups is 1. The molecule has 2 N–H and O–H groups in total. The zero-order valence-corrected chi connectivity index (χ0v) is 12.8. The lowest BCUT2D eigenvalue weighted by Crippen LogP contribution is -2.11. The van der Waals surface area contributed by atoms with Crippen molar-refractivity contribution in [3.8, 4) is 0 Å². The lowest BCUT2D eigenvalue weighted by Gasteiger charge is -2.08. The Morgan fingerprint density at radius 1 is 1.14 bits per heavy atom. The predicted octanol–water partition coefficient (Wildman–Crippen LogP) is 1.98. The van der Waals surface area contributed by atoms with Gasteiger partial charge in [0.25, 0.3) is 0 Å². The fourth-order valence-corrected chi connectivity index (χ4v) is 1.73. The van der Waals surface area contributed by atoms with Gasteiger partial charge in [0.15, 0.2) is 0 Å². The molecule has 0 aliphatic heterocycles. The van der Waals surface area contributed by atoms with Crippen molar-refractivity contribution in [1.29, 1.82) is 0 Å². The summed E-state index contributed by atoms with van der Waals surface area (Å²) < 4.78 is 9.91. The number of aliphatic hydroxyl groups excluding tert-OH is 1. The molecule has 122 valence electrons. The standard InChI is InChI=1S/C16H23NO5/c1-2-21-15(19)9-10-17-14-7-5-13(6-8-14)16(20)22-12-4-3-11-18/h5-8,17-18H,2-4,9-12H2,1H3. The Kier molecular flexibility index (Phi) is 8.67. The summed E-state index contributed by atoms with van der Waals surface area (Å²) in [6, 6.07) is 6.85. The number of ether oxygens (including phenoxy) is 2. The Balaban J connectivity index is 2.33. The molecule has 6 heteroatoms. The minimum Gasteiger partial charge on any atom is -0.466 e. The maximum Gasteiger partial charge on any atom is 0.338 e. The van der Waals surface area contributed by atoms with E-state index in [1.54, 1.807) is 31.2 Å². The van der Waals surface area contributed by atoms with Gasteiger partial charge in [0.1, 0.15) is 0 Å². The van der Waals surface area contributed by atoms with Gasteiger partial charge in [-0.05, 0) is 44.0 Å². The third-order valence-corrected chi connectivity index (χ3v) is 2.87. The van der Waals surface area contributed by atoms with E-state index in [1.165, 1.54) is 0 Å². The SMILES string of the molecule is CCOC(=O)CCNc1ccc(C(=O)OCCCCO)cc1. The Hall–Kier alpha value is -2.08. The number of hydrogen-bond acceptors (Lipinski definition) is 6. The van der Waals surface area contributed by atoms with Crippen LogP contribution in [0.1, 0.15) is 36.5 Å². The largest absolute Gasteiger partial charge is 0.466 e. The van der Waals surface area contributed by atoms with E-state index in [4.69, 9.17) is 14.6 Å². The summed E-state index contributed by atoms with van der Waals surface area (Å²) in [6.07, 6.45) is 1.56. The summed E-state index contributed by atoms with van der Waals surface area (Å²) in [5.74, 6) is -0.617. The molecule has 1 aromatic rings. The quantitative estimate of drug-likeness (QED) is 0.508. The molecule has 1 aromatic carbocycles. The first kappa shape index (κ1) is 18.0. The van der Waals surface area contributed by atoms with Gasteiger partial charge in [0.05, 0.1) is 25.2 Å². The minimum atomic E-state index is -0.379. The molecule has 6 nitrogen and oxygen atoms in total. The molecular formula is C16H23NO5.